The smallest absolute Gasteiger partial charge is 0.254 e. The van der Waals surface area contributed by atoms with Gasteiger partial charge in [-0.15, -0.1) is 0 Å². The number of ether oxygens (including phenoxy) is 1. The number of aromatic hydroxyl groups is 1. The van der Waals surface area contributed by atoms with Crippen LogP contribution in [0.25, 0.3) is 0 Å². The second-order valence-corrected chi connectivity index (χ2v) is 5.54. The summed E-state index contributed by atoms with van der Waals surface area (Å²) in [5.74, 6) is 0.553. The maximum absolute atomic E-state index is 12.4. The molecule has 2 rings (SSSR count). The number of rotatable bonds is 4. The molecule has 1 amide bonds. The van der Waals surface area contributed by atoms with E-state index in [9.17, 15) is 9.90 Å². The van der Waals surface area contributed by atoms with Crippen molar-refractivity contribution in [2.24, 2.45) is 0 Å². The Labute approximate surface area is 134 Å². The highest BCUT2D eigenvalue weighted by Crippen LogP contribution is 2.25. The zero-order valence-electron chi connectivity index (χ0n) is 12.8. The van der Waals surface area contributed by atoms with Crippen molar-refractivity contribution in [2.45, 2.75) is 13.5 Å². The average Bonchev–Trinajstić information content (AvgIpc) is 2.49. The fourth-order valence-electron chi connectivity index (χ4n) is 2.12. The lowest BCUT2D eigenvalue weighted by Gasteiger charge is -2.18. The lowest BCUT2D eigenvalue weighted by Crippen LogP contribution is -2.26. The standard InChI is InChI=1S/C17H18ClNO3/c1-11-4-6-13(9-15(11)20)17(21)19(2)10-12-5-7-16(22-3)14(18)8-12/h4-9,20H,10H2,1-3H3. The molecule has 0 atom stereocenters. The van der Waals surface area contributed by atoms with Crippen LogP contribution in [-0.2, 0) is 6.54 Å². The molecule has 0 radical (unpaired) electrons. The van der Waals surface area contributed by atoms with Crippen LogP contribution in [-0.4, -0.2) is 30.1 Å². The molecular weight excluding hydrogens is 302 g/mol. The minimum absolute atomic E-state index is 0.117. The van der Waals surface area contributed by atoms with E-state index in [1.54, 1.807) is 50.2 Å². The van der Waals surface area contributed by atoms with Gasteiger partial charge in [0.05, 0.1) is 12.1 Å². The van der Waals surface area contributed by atoms with Crippen LogP contribution in [0, 0.1) is 6.92 Å². The molecule has 2 aromatic carbocycles. The van der Waals surface area contributed by atoms with Gasteiger partial charge in [0.1, 0.15) is 11.5 Å². The van der Waals surface area contributed by atoms with Gasteiger partial charge in [0.25, 0.3) is 5.91 Å². The first-order valence-electron chi connectivity index (χ1n) is 6.80. The van der Waals surface area contributed by atoms with Crippen LogP contribution in [0.4, 0.5) is 0 Å². The third-order valence-electron chi connectivity index (χ3n) is 3.44. The summed E-state index contributed by atoms with van der Waals surface area (Å²) in [4.78, 5) is 13.9. The van der Waals surface area contributed by atoms with Gasteiger partial charge in [-0.1, -0.05) is 23.7 Å². The third-order valence-corrected chi connectivity index (χ3v) is 3.73. The second kappa shape index (κ2) is 6.71. The van der Waals surface area contributed by atoms with E-state index in [1.165, 1.54) is 6.07 Å². The molecular formula is C17H18ClNO3. The quantitative estimate of drug-likeness (QED) is 0.936. The minimum Gasteiger partial charge on any atom is -0.508 e. The number of phenolic OH excluding ortho intramolecular Hbond substituents is 1. The Morgan fingerprint density at radius 1 is 1.27 bits per heavy atom. The molecule has 4 nitrogen and oxygen atoms in total. The largest absolute Gasteiger partial charge is 0.508 e. The van der Waals surface area contributed by atoms with Crippen molar-refractivity contribution in [1.29, 1.82) is 0 Å². The number of amides is 1. The molecule has 0 spiro atoms. The Morgan fingerprint density at radius 3 is 2.59 bits per heavy atom. The Balaban J connectivity index is 2.14. The third kappa shape index (κ3) is 3.52. The molecule has 0 aliphatic carbocycles. The van der Waals surface area contributed by atoms with Crippen LogP contribution in [0.5, 0.6) is 11.5 Å². The number of halogens is 1. The van der Waals surface area contributed by atoms with Crippen molar-refractivity contribution in [3.63, 3.8) is 0 Å². The number of benzene rings is 2. The van der Waals surface area contributed by atoms with Crippen LogP contribution in [0.3, 0.4) is 0 Å². The number of hydrogen-bond acceptors (Lipinski definition) is 3. The van der Waals surface area contributed by atoms with Gasteiger partial charge in [-0.3, -0.25) is 4.79 Å². The first-order valence-corrected chi connectivity index (χ1v) is 7.17. The van der Waals surface area contributed by atoms with E-state index < -0.39 is 0 Å². The molecule has 1 N–H and O–H groups in total. The number of nitrogens with zero attached hydrogens (tertiary/aromatic N) is 1. The Hall–Kier alpha value is -2.20. The normalized spacial score (nSPS) is 10.4. The highest BCUT2D eigenvalue weighted by atomic mass is 35.5. The van der Waals surface area contributed by atoms with Crippen molar-refractivity contribution in [3.8, 4) is 11.5 Å². The molecule has 5 heteroatoms. The van der Waals surface area contributed by atoms with E-state index >= 15 is 0 Å². The fraction of sp³-hybridized carbons (Fsp3) is 0.235. The first-order chi connectivity index (χ1) is 10.4. The lowest BCUT2D eigenvalue weighted by atomic mass is 10.1. The highest BCUT2D eigenvalue weighted by molar-refractivity contribution is 6.32. The molecule has 2 aromatic rings. The molecule has 0 aromatic heterocycles. The van der Waals surface area contributed by atoms with Crippen LogP contribution < -0.4 is 4.74 Å². The summed E-state index contributed by atoms with van der Waals surface area (Å²) in [6, 6.07) is 10.3. The Kier molecular flexibility index (Phi) is 4.93. The van der Waals surface area contributed by atoms with E-state index in [0.717, 1.165) is 11.1 Å². The Bertz CT molecular complexity index is 700. The van der Waals surface area contributed by atoms with E-state index in [2.05, 4.69) is 0 Å². The summed E-state index contributed by atoms with van der Waals surface area (Å²) in [6.07, 6.45) is 0. The maximum atomic E-state index is 12.4. The minimum atomic E-state index is -0.165. The predicted molar refractivity (Wildman–Crippen MR) is 86.6 cm³/mol. The number of phenols is 1. The molecule has 0 fully saturated rings. The van der Waals surface area contributed by atoms with Gasteiger partial charge in [-0.2, -0.15) is 0 Å². The Morgan fingerprint density at radius 2 is 2.00 bits per heavy atom. The van der Waals surface area contributed by atoms with Gasteiger partial charge in [-0.05, 0) is 42.3 Å². The van der Waals surface area contributed by atoms with Crippen molar-refractivity contribution >= 4 is 17.5 Å². The summed E-state index contributed by atoms with van der Waals surface area (Å²) in [5, 5.41) is 10.2. The summed E-state index contributed by atoms with van der Waals surface area (Å²) in [6.45, 7) is 2.20. The zero-order valence-corrected chi connectivity index (χ0v) is 13.5. The molecule has 0 unspecified atom stereocenters. The zero-order chi connectivity index (χ0) is 16.3. The summed E-state index contributed by atoms with van der Waals surface area (Å²) < 4.78 is 5.11. The van der Waals surface area contributed by atoms with Gasteiger partial charge in [-0.25, -0.2) is 0 Å². The first kappa shape index (κ1) is 16.2. The summed E-state index contributed by atoms with van der Waals surface area (Å²) >= 11 is 6.09. The molecule has 0 heterocycles. The molecule has 0 bridgehead atoms. The SMILES string of the molecule is COc1ccc(CN(C)C(=O)c2ccc(C)c(O)c2)cc1Cl. The molecule has 0 aliphatic heterocycles. The van der Waals surface area contributed by atoms with Crippen LogP contribution in [0.2, 0.25) is 5.02 Å². The van der Waals surface area contributed by atoms with Gasteiger partial charge < -0.3 is 14.7 Å². The van der Waals surface area contributed by atoms with Gasteiger partial charge in [0.15, 0.2) is 0 Å². The van der Waals surface area contributed by atoms with Crippen LogP contribution >= 0.6 is 11.6 Å². The highest BCUT2D eigenvalue weighted by Gasteiger charge is 2.14. The van der Waals surface area contributed by atoms with Crippen molar-refractivity contribution in [3.05, 3.63) is 58.1 Å². The number of carbonyl (C=O) groups is 1. The van der Waals surface area contributed by atoms with Crippen LogP contribution in [0.15, 0.2) is 36.4 Å². The van der Waals surface area contributed by atoms with Gasteiger partial charge in [0.2, 0.25) is 0 Å². The number of aryl methyl sites for hydroxylation is 1. The van der Waals surface area contributed by atoms with E-state index in [-0.39, 0.29) is 11.7 Å². The topological polar surface area (TPSA) is 49.8 Å². The molecule has 116 valence electrons. The van der Waals surface area contributed by atoms with E-state index in [1.807, 2.05) is 6.07 Å². The lowest BCUT2D eigenvalue weighted by molar-refractivity contribution is 0.0784. The summed E-state index contributed by atoms with van der Waals surface area (Å²) in [7, 11) is 3.26. The van der Waals surface area contributed by atoms with Crippen molar-refractivity contribution in [1.82, 2.24) is 4.90 Å². The van der Waals surface area contributed by atoms with E-state index in [0.29, 0.717) is 22.9 Å². The van der Waals surface area contributed by atoms with Gasteiger partial charge in [0, 0.05) is 19.2 Å². The average molecular weight is 320 g/mol. The number of hydrogen-bond donors (Lipinski definition) is 1. The van der Waals surface area contributed by atoms with E-state index in [4.69, 9.17) is 16.3 Å². The molecule has 0 saturated heterocycles. The van der Waals surface area contributed by atoms with Crippen molar-refractivity contribution < 1.29 is 14.6 Å². The predicted octanol–water partition coefficient (Wildman–Crippen LogP) is 3.63. The fourth-order valence-corrected chi connectivity index (χ4v) is 2.40. The molecule has 0 saturated carbocycles. The maximum Gasteiger partial charge on any atom is 0.254 e. The summed E-state index contributed by atoms with van der Waals surface area (Å²) in [5.41, 5.74) is 2.09. The monoisotopic (exact) mass is 319 g/mol. The molecule has 0 aliphatic rings. The second-order valence-electron chi connectivity index (χ2n) is 5.13. The number of methoxy groups -OCH3 is 1. The molecule has 22 heavy (non-hydrogen) atoms. The van der Waals surface area contributed by atoms with Crippen LogP contribution in [0.1, 0.15) is 21.5 Å². The number of carbonyl (C=O) groups excluding carboxylic acids is 1. The van der Waals surface area contributed by atoms with Crippen molar-refractivity contribution in [2.75, 3.05) is 14.2 Å². The van der Waals surface area contributed by atoms with Gasteiger partial charge >= 0.3 is 0 Å².